The number of carboxylic acids is 1. The van der Waals surface area contributed by atoms with Gasteiger partial charge < -0.3 is 14.6 Å². The van der Waals surface area contributed by atoms with Gasteiger partial charge in [0.05, 0.1) is 5.92 Å². The maximum Gasteiger partial charge on any atom is 0.309 e. The van der Waals surface area contributed by atoms with Crippen LogP contribution in [0.5, 0.6) is 0 Å². The predicted octanol–water partition coefficient (Wildman–Crippen LogP) is 3.12. The Bertz CT molecular complexity index is 684. The monoisotopic (exact) mass is 374 g/mol. The van der Waals surface area contributed by atoms with Crippen molar-refractivity contribution >= 4 is 11.9 Å². The molecule has 7 heteroatoms. The van der Waals surface area contributed by atoms with Gasteiger partial charge in [0.1, 0.15) is 11.9 Å². The molecule has 2 aliphatic carbocycles. The summed E-state index contributed by atoms with van der Waals surface area (Å²) < 4.78 is 2.19. The lowest BCUT2D eigenvalue weighted by Crippen LogP contribution is -2.34. The van der Waals surface area contributed by atoms with E-state index in [1.165, 1.54) is 39.0 Å². The highest BCUT2D eigenvalue weighted by Crippen LogP contribution is 2.43. The van der Waals surface area contributed by atoms with Crippen LogP contribution in [0.3, 0.4) is 0 Å². The number of amides is 1. The molecule has 0 unspecified atom stereocenters. The van der Waals surface area contributed by atoms with Crippen molar-refractivity contribution in [3.63, 3.8) is 0 Å². The molecule has 0 aromatic carbocycles. The fourth-order valence-electron chi connectivity index (χ4n) is 4.97. The summed E-state index contributed by atoms with van der Waals surface area (Å²) in [7, 11) is 0. The molecule has 3 aliphatic rings. The maximum atomic E-state index is 12.1. The molecular weight excluding hydrogens is 344 g/mol. The first-order valence-corrected chi connectivity index (χ1v) is 10.5. The second-order valence-corrected chi connectivity index (χ2v) is 8.51. The Morgan fingerprint density at radius 3 is 2.44 bits per heavy atom. The lowest BCUT2D eigenvalue weighted by molar-refractivity contribution is -0.143. The predicted molar refractivity (Wildman–Crippen MR) is 99.1 cm³/mol. The largest absolute Gasteiger partial charge is 0.481 e. The van der Waals surface area contributed by atoms with E-state index in [2.05, 4.69) is 14.8 Å². The fraction of sp³-hybridized carbons (Fsp3) is 0.800. The number of hydrogen-bond acceptors (Lipinski definition) is 4. The van der Waals surface area contributed by atoms with E-state index in [1.54, 1.807) is 4.90 Å². The van der Waals surface area contributed by atoms with Crippen LogP contribution in [0, 0.1) is 11.8 Å². The summed E-state index contributed by atoms with van der Waals surface area (Å²) in [6, 6.07) is -0.114. The van der Waals surface area contributed by atoms with E-state index in [9.17, 15) is 14.7 Å². The minimum atomic E-state index is -0.849. The molecule has 0 bridgehead atoms. The van der Waals surface area contributed by atoms with Crippen LogP contribution in [-0.2, 0) is 16.0 Å². The first-order valence-electron chi connectivity index (χ1n) is 10.5. The van der Waals surface area contributed by atoms with Crippen LogP contribution in [0.1, 0.15) is 88.4 Å². The third-order valence-electron chi connectivity index (χ3n) is 6.59. The molecular formula is C20H30N4O3. The highest BCUT2D eigenvalue weighted by atomic mass is 16.4. The molecule has 2 heterocycles. The van der Waals surface area contributed by atoms with Crippen LogP contribution >= 0.6 is 0 Å². The Kier molecular flexibility index (Phi) is 5.19. The first-order chi connectivity index (χ1) is 13.1. The van der Waals surface area contributed by atoms with Crippen molar-refractivity contribution in [2.24, 2.45) is 11.8 Å². The number of carbonyl (C=O) groups is 2. The van der Waals surface area contributed by atoms with Gasteiger partial charge in [0.2, 0.25) is 5.91 Å². The van der Waals surface area contributed by atoms with Gasteiger partial charge in [-0.25, -0.2) is 0 Å². The zero-order chi connectivity index (χ0) is 19.0. The van der Waals surface area contributed by atoms with Crippen LogP contribution < -0.4 is 0 Å². The summed E-state index contributed by atoms with van der Waals surface area (Å²) in [4.78, 5) is 25.6. The summed E-state index contributed by atoms with van der Waals surface area (Å²) in [5, 5.41) is 18.6. The van der Waals surface area contributed by atoms with E-state index in [4.69, 9.17) is 0 Å². The van der Waals surface area contributed by atoms with Crippen LogP contribution in [0.4, 0.5) is 0 Å². The van der Waals surface area contributed by atoms with E-state index in [1.807, 2.05) is 0 Å². The minimum Gasteiger partial charge on any atom is -0.481 e. The lowest BCUT2D eigenvalue weighted by atomic mass is 9.86. The fourth-order valence-corrected chi connectivity index (χ4v) is 4.97. The number of nitrogens with zero attached hydrogens (tertiary/aromatic N) is 4. The topological polar surface area (TPSA) is 88.3 Å². The summed E-state index contributed by atoms with van der Waals surface area (Å²) in [6.45, 7) is 1.99. The van der Waals surface area contributed by atoms with Crippen molar-refractivity contribution in [1.29, 1.82) is 0 Å². The highest BCUT2D eigenvalue weighted by molar-refractivity contribution is 5.78. The zero-order valence-electron chi connectivity index (χ0n) is 16.1. The first kappa shape index (κ1) is 18.4. The van der Waals surface area contributed by atoms with Crippen molar-refractivity contribution in [3.8, 4) is 0 Å². The van der Waals surface area contributed by atoms with Crippen LogP contribution in [-0.4, -0.2) is 43.2 Å². The molecule has 3 fully saturated rings. The van der Waals surface area contributed by atoms with E-state index < -0.39 is 17.9 Å². The van der Waals surface area contributed by atoms with E-state index in [0.29, 0.717) is 24.8 Å². The number of aromatic nitrogens is 3. The maximum absolute atomic E-state index is 12.1. The average molecular weight is 374 g/mol. The SMILES string of the molecule is CC(=O)N1CC[C@H](C(=O)O)[C@H]1c1nnc(CCC2CCCCC2)n1C1CC1. The third-order valence-corrected chi connectivity index (χ3v) is 6.59. The summed E-state index contributed by atoms with van der Waals surface area (Å²) in [6.07, 6.45) is 11.3. The minimum absolute atomic E-state index is 0.0853. The number of aliphatic carboxylic acids is 1. The Balaban J connectivity index is 1.59. The highest BCUT2D eigenvalue weighted by Gasteiger charge is 2.45. The number of hydrogen-bond donors (Lipinski definition) is 1. The summed E-state index contributed by atoms with van der Waals surface area (Å²) in [5.41, 5.74) is 0. The molecule has 1 N–H and O–H groups in total. The number of rotatable bonds is 6. The van der Waals surface area contributed by atoms with Gasteiger partial charge in [-0.1, -0.05) is 32.1 Å². The Morgan fingerprint density at radius 1 is 1.07 bits per heavy atom. The average Bonchev–Trinajstić information content (AvgIpc) is 3.24. The van der Waals surface area contributed by atoms with Gasteiger partial charge >= 0.3 is 5.97 Å². The van der Waals surface area contributed by atoms with Crippen molar-refractivity contribution in [2.45, 2.75) is 83.2 Å². The molecule has 2 atom stereocenters. The molecule has 1 aromatic rings. The molecule has 1 saturated heterocycles. The molecule has 1 amide bonds. The molecule has 4 rings (SSSR count). The number of carboxylic acid groups (broad SMARTS) is 1. The van der Waals surface area contributed by atoms with Gasteiger partial charge in [-0.3, -0.25) is 9.59 Å². The molecule has 7 nitrogen and oxygen atoms in total. The van der Waals surface area contributed by atoms with Gasteiger partial charge in [-0.15, -0.1) is 10.2 Å². The molecule has 148 valence electrons. The van der Waals surface area contributed by atoms with E-state index in [0.717, 1.165) is 37.4 Å². The number of aryl methyl sites for hydroxylation is 1. The molecule has 0 radical (unpaired) electrons. The van der Waals surface area contributed by atoms with Crippen molar-refractivity contribution < 1.29 is 14.7 Å². The summed E-state index contributed by atoms with van der Waals surface area (Å²) in [5.74, 6) is 0.921. The smallest absolute Gasteiger partial charge is 0.309 e. The Morgan fingerprint density at radius 2 is 1.81 bits per heavy atom. The second kappa shape index (κ2) is 7.60. The van der Waals surface area contributed by atoms with Crippen LogP contribution in [0.15, 0.2) is 0 Å². The quantitative estimate of drug-likeness (QED) is 0.826. The van der Waals surface area contributed by atoms with Gasteiger partial charge in [0.25, 0.3) is 0 Å². The molecule has 2 saturated carbocycles. The molecule has 0 spiro atoms. The third kappa shape index (κ3) is 3.73. The Labute approximate surface area is 160 Å². The Hall–Kier alpha value is -1.92. The van der Waals surface area contributed by atoms with Crippen LogP contribution in [0.2, 0.25) is 0 Å². The van der Waals surface area contributed by atoms with E-state index in [-0.39, 0.29) is 5.91 Å². The van der Waals surface area contributed by atoms with Crippen LogP contribution in [0.25, 0.3) is 0 Å². The van der Waals surface area contributed by atoms with Crippen molar-refractivity contribution in [2.75, 3.05) is 6.54 Å². The molecule has 1 aromatic heterocycles. The lowest BCUT2D eigenvalue weighted by Gasteiger charge is -2.26. The standard InChI is InChI=1S/C20H30N4O3/c1-13(25)23-12-11-16(20(26)27)18(23)19-22-21-17(24(19)15-8-9-15)10-7-14-5-3-2-4-6-14/h14-16,18H,2-12H2,1H3,(H,26,27)/t16-,18-/m0/s1. The molecule has 1 aliphatic heterocycles. The van der Waals surface area contributed by atoms with Crippen molar-refractivity contribution in [1.82, 2.24) is 19.7 Å². The van der Waals surface area contributed by atoms with Crippen molar-refractivity contribution in [3.05, 3.63) is 11.6 Å². The van der Waals surface area contributed by atoms with Gasteiger partial charge in [-0.05, 0) is 31.6 Å². The number of carbonyl (C=O) groups excluding carboxylic acids is 1. The normalized spacial score (nSPS) is 26.5. The van der Waals surface area contributed by atoms with E-state index >= 15 is 0 Å². The van der Waals surface area contributed by atoms with Gasteiger partial charge in [0, 0.05) is 25.9 Å². The number of likely N-dealkylation sites (tertiary alicyclic amines) is 1. The van der Waals surface area contributed by atoms with Gasteiger partial charge in [-0.2, -0.15) is 0 Å². The van der Waals surface area contributed by atoms with Gasteiger partial charge in [0.15, 0.2) is 5.82 Å². The molecule has 27 heavy (non-hydrogen) atoms. The summed E-state index contributed by atoms with van der Waals surface area (Å²) >= 11 is 0. The second-order valence-electron chi connectivity index (χ2n) is 8.51. The zero-order valence-corrected chi connectivity index (χ0v) is 16.1.